The van der Waals surface area contributed by atoms with Crippen LogP contribution in [-0.2, 0) is 10.0 Å². The number of benzene rings is 1. The summed E-state index contributed by atoms with van der Waals surface area (Å²) in [6.07, 6.45) is 0. The Kier molecular flexibility index (Phi) is 4.98. The molecule has 0 saturated heterocycles. The number of sulfonamides is 1. The van der Waals surface area contributed by atoms with Gasteiger partial charge in [-0.3, -0.25) is 4.72 Å². The zero-order valence-electron chi connectivity index (χ0n) is 10.9. The largest absolute Gasteiger partial charge is 0.495 e. The summed E-state index contributed by atoms with van der Waals surface area (Å²) >= 11 is 0. The molecule has 0 radical (unpaired) electrons. The molecule has 3 N–H and O–H groups in total. The lowest BCUT2D eigenvalue weighted by Crippen LogP contribution is -2.22. The second-order valence-electron chi connectivity index (χ2n) is 4.32. The summed E-state index contributed by atoms with van der Waals surface area (Å²) in [5.74, 6) is 0.762. The minimum absolute atomic E-state index is 0.0850. The van der Waals surface area contributed by atoms with Gasteiger partial charge in [-0.15, -0.1) is 0 Å². The minimum Gasteiger partial charge on any atom is -0.495 e. The highest BCUT2D eigenvalue weighted by Gasteiger charge is 2.13. The van der Waals surface area contributed by atoms with Crippen LogP contribution in [0.15, 0.2) is 18.2 Å². The topological polar surface area (TPSA) is 81.4 Å². The van der Waals surface area contributed by atoms with Gasteiger partial charge in [0, 0.05) is 6.54 Å². The SMILES string of the molecule is COc1cc(C(C)C)ccc1NS(=O)(=O)CCN. The van der Waals surface area contributed by atoms with Crippen molar-refractivity contribution in [3.05, 3.63) is 23.8 Å². The van der Waals surface area contributed by atoms with Gasteiger partial charge in [-0.05, 0) is 23.6 Å². The van der Waals surface area contributed by atoms with Crippen LogP contribution in [0.25, 0.3) is 0 Å². The van der Waals surface area contributed by atoms with E-state index in [0.29, 0.717) is 17.4 Å². The first-order valence-corrected chi connectivity index (χ1v) is 7.43. The predicted molar refractivity (Wildman–Crippen MR) is 73.5 cm³/mol. The molecule has 0 atom stereocenters. The van der Waals surface area contributed by atoms with Crippen molar-refractivity contribution in [3.8, 4) is 5.75 Å². The van der Waals surface area contributed by atoms with Gasteiger partial charge in [-0.25, -0.2) is 8.42 Å². The second-order valence-corrected chi connectivity index (χ2v) is 6.17. The van der Waals surface area contributed by atoms with E-state index in [2.05, 4.69) is 18.6 Å². The summed E-state index contributed by atoms with van der Waals surface area (Å²) in [5, 5.41) is 0. The summed E-state index contributed by atoms with van der Waals surface area (Å²) in [5.41, 5.74) is 6.78. The van der Waals surface area contributed by atoms with Gasteiger partial charge in [0.05, 0.1) is 18.6 Å². The maximum absolute atomic E-state index is 11.6. The van der Waals surface area contributed by atoms with Gasteiger partial charge in [-0.2, -0.15) is 0 Å². The molecule has 0 aliphatic heterocycles. The van der Waals surface area contributed by atoms with Crippen molar-refractivity contribution < 1.29 is 13.2 Å². The molecule has 6 heteroatoms. The van der Waals surface area contributed by atoms with Crippen LogP contribution in [0.4, 0.5) is 5.69 Å². The molecule has 5 nitrogen and oxygen atoms in total. The number of hydrogen-bond donors (Lipinski definition) is 2. The molecule has 102 valence electrons. The van der Waals surface area contributed by atoms with Crippen molar-refractivity contribution in [2.45, 2.75) is 19.8 Å². The van der Waals surface area contributed by atoms with Gasteiger partial charge in [0.2, 0.25) is 10.0 Å². The summed E-state index contributed by atoms with van der Waals surface area (Å²) < 4.78 is 31.0. The van der Waals surface area contributed by atoms with Crippen LogP contribution in [0.2, 0.25) is 0 Å². The molecule has 0 fully saturated rings. The zero-order chi connectivity index (χ0) is 13.8. The van der Waals surface area contributed by atoms with Crippen LogP contribution in [0, 0.1) is 0 Å². The first-order valence-electron chi connectivity index (χ1n) is 5.78. The molecule has 0 heterocycles. The van der Waals surface area contributed by atoms with Crippen LogP contribution in [0.1, 0.15) is 25.3 Å². The molecule has 0 unspecified atom stereocenters. The van der Waals surface area contributed by atoms with Crippen molar-refractivity contribution in [3.63, 3.8) is 0 Å². The molecule has 1 rings (SSSR count). The number of methoxy groups -OCH3 is 1. The Bertz CT molecular complexity index is 498. The van der Waals surface area contributed by atoms with E-state index in [1.54, 1.807) is 6.07 Å². The van der Waals surface area contributed by atoms with E-state index in [-0.39, 0.29) is 12.3 Å². The first-order chi connectivity index (χ1) is 8.39. The summed E-state index contributed by atoms with van der Waals surface area (Å²) in [6.45, 7) is 4.21. The summed E-state index contributed by atoms with van der Waals surface area (Å²) in [4.78, 5) is 0. The fraction of sp³-hybridized carbons (Fsp3) is 0.500. The Morgan fingerprint density at radius 1 is 1.39 bits per heavy atom. The van der Waals surface area contributed by atoms with Crippen molar-refractivity contribution in [1.82, 2.24) is 0 Å². The lowest BCUT2D eigenvalue weighted by Gasteiger charge is -2.14. The molecule has 0 amide bonds. The van der Waals surface area contributed by atoms with Crippen molar-refractivity contribution in [1.29, 1.82) is 0 Å². The maximum atomic E-state index is 11.6. The molecule has 1 aromatic carbocycles. The monoisotopic (exact) mass is 272 g/mol. The third-order valence-corrected chi connectivity index (χ3v) is 3.85. The number of rotatable bonds is 6. The number of nitrogens with two attached hydrogens (primary N) is 1. The number of ether oxygens (including phenoxy) is 1. The Morgan fingerprint density at radius 3 is 2.56 bits per heavy atom. The standard InChI is InChI=1S/C12H20N2O3S/c1-9(2)10-4-5-11(12(8-10)17-3)14-18(15,16)7-6-13/h4-5,8-9,14H,6-7,13H2,1-3H3. The highest BCUT2D eigenvalue weighted by atomic mass is 32.2. The summed E-state index contributed by atoms with van der Waals surface area (Å²) in [7, 11) is -1.89. The molecule has 1 aromatic rings. The third-order valence-electron chi connectivity index (χ3n) is 2.54. The molecular formula is C12H20N2O3S. The lowest BCUT2D eigenvalue weighted by atomic mass is 10.0. The number of anilines is 1. The van der Waals surface area contributed by atoms with E-state index in [0.717, 1.165) is 5.56 Å². The van der Waals surface area contributed by atoms with Gasteiger partial charge in [-0.1, -0.05) is 19.9 Å². The van der Waals surface area contributed by atoms with Crippen LogP contribution in [-0.4, -0.2) is 27.8 Å². The van der Waals surface area contributed by atoms with E-state index < -0.39 is 10.0 Å². The third kappa shape index (κ3) is 3.89. The van der Waals surface area contributed by atoms with Crippen LogP contribution in [0.5, 0.6) is 5.75 Å². The minimum atomic E-state index is -3.41. The fourth-order valence-electron chi connectivity index (χ4n) is 1.52. The van der Waals surface area contributed by atoms with Gasteiger partial charge in [0.25, 0.3) is 0 Å². The summed E-state index contributed by atoms with van der Waals surface area (Å²) in [6, 6.07) is 5.43. The van der Waals surface area contributed by atoms with Crippen LogP contribution < -0.4 is 15.2 Å². The van der Waals surface area contributed by atoms with E-state index >= 15 is 0 Å². The van der Waals surface area contributed by atoms with Crippen molar-refractivity contribution in [2.75, 3.05) is 24.1 Å². The Hall–Kier alpha value is -1.27. The second kappa shape index (κ2) is 6.06. The molecule has 0 aliphatic carbocycles. The predicted octanol–water partition coefficient (Wildman–Crippen LogP) is 1.52. The molecule has 0 aliphatic rings. The fourth-order valence-corrected chi connectivity index (χ4v) is 2.44. The molecule has 0 bridgehead atoms. The molecule has 18 heavy (non-hydrogen) atoms. The van der Waals surface area contributed by atoms with Gasteiger partial charge in [0.15, 0.2) is 0 Å². The maximum Gasteiger partial charge on any atom is 0.234 e. The smallest absolute Gasteiger partial charge is 0.234 e. The van der Waals surface area contributed by atoms with Crippen LogP contribution >= 0.6 is 0 Å². The average Bonchev–Trinajstić information content (AvgIpc) is 2.28. The van der Waals surface area contributed by atoms with E-state index in [4.69, 9.17) is 10.5 Å². The lowest BCUT2D eigenvalue weighted by molar-refractivity contribution is 0.416. The molecule has 0 aromatic heterocycles. The van der Waals surface area contributed by atoms with E-state index in [1.165, 1.54) is 7.11 Å². The Balaban J connectivity index is 3.03. The van der Waals surface area contributed by atoms with E-state index in [1.807, 2.05) is 12.1 Å². The van der Waals surface area contributed by atoms with Crippen LogP contribution in [0.3, 0.4) is 0 Å². The van der Waals surface area contributed by atoms with Gasteiger partial charge >= 0.3 is 0 Å². The molecular weight excluding hydrogens is 252 g/mol. The number of nitrogens with one attached hydrogen (secondary N) is 1. The molecule has 0 spiro atoms. The molecule has 0 saturated carbocycles. The van der Waals surface area contributed by atoms with Crippen molar-refractivity contribution >= 4 is 15.7 Å². The quantitative estimate of drug-likeness (QED) is 0.822. The normalized spacial score (nSPS) is 11.6. The van der Waals surface area contributed by atoms with Gasteiger partial charge < -0.3 is 10.5 Å². The average molecular weight is 272 g/mol. The van der Waals surface area contributed by atoms with Crippen molar-refractivity contribution in [2.24, 2.45) is 5.73 Å². The zero-order valence-corrected chi connectivity index (χ0v) is 11.8. The number of hydrogen-bond acceptors (Lipinski definition) is 4. The highest BCUT2D eigenvalue weighted by Crippen LogP contribution is 2.29. The Labute approximate surface area is 108 Å². The van der Waals surface area contributed by atoms with E-state index in [9.17, 15) is 8.42 Å². The van der Waals surface area contributed by atoms with Gasteiger partial charge in [0.1, 0.15) is 5.75 Å². The highest BCUT2D eigenvalue weighted by molar-refractivity contribution is 7.92. The Morgan fingerprint density at radius 2 is 2.06 bits per heavy atom. The first kappa shape index (κ1) is 14.8.